The van der Waals surface area contributed by atoms with Gasteiger partial charge in [-0.15, -0.1) is 13.2 Å². The van der Waals surface area contributed by atoms with Crippen LogP contribution in [-0.4, -0.2) is 38.1 Å². The number of hydrogen-bond acceptors (Lipinski definition) is 3. The molecule has 0 saturated carbocycles. The molecule has 3 nitrogen and oxygen atoms in total. The van der Waals surface area contributed by atoms with Gasteiger partial charge in [-0.05, 0) is 7.05 Å². The second-order valence-electron chi connectivity index (χ2n) is 2.09. The third-order valence-corrected chi connectivity index (χ3v) is 0.959. The summed E-state index contributed by atoms with van der Waals surface area (Å²) in [6.45, 7) is 0.231. The number of nitrogens with zero attached hydrogens (tertiary/aromatic N) is 1. The standard InChI is InChI=1S/C5H11F3N2O/c1-10(3-2-9)4-11-5(6,7)8/h2-4,9H2,1H3. The summed E-state index contributed by atoms with van der Waals surface area (Å²) in [6, 6.07) is 0. The van der Waals surface area contributed by atoms with E-state index in [1.54, 1.807) is 0 Å². The minimum Gasteiger partial charge on any atom is -0.329 e. The zero-order valence-corrected chi connectivity index (χ0v) is 6.19. The van der Waals surface area contributed by atoms with Crippen molar-refractivity contribution in [1.29, 1.82) is 0 Å². The second-order valence-corrected chi connectivity index (χ2v) is 2.09. The van der Waals surface area contributed by atoms with Gasteiger partial charge in [0, 0.05) is 13.1 Å². The van der Waals surface area contributed by atoms with E-state index in [2.05, 4.69) is 4.74 Å². The maximum absolute atomic E-state index is 11.4. The Kier molecular flexibility index (Phi) is 4.39. The van der Waals surface area contributed by atoms with Gasteiger partial charge >= 0.3 is 6.36 Å². The Hall–Kier alpha value is -0.330. The normalized spacial score (nSPS) is 12.5. The van der Waals surface area contributed by atoms with Crippen LogP contribution in [0.15, 0.2) is 0 Å². The van der Waals surface area contributed by atoms with E-state index in [1.807, 2.05) is 0 Å². The Bertz CT molecular complexity index is 106. The van der Waals surface area contributed by atoms with E-state index in [0.717, 1.165) is 0 Å². The predicted molar refractivity (Wildman–Crippen MR) is 33.7 cm³/mol. The third-order valence-electron chi connectivity index (χ3n) is 0.959. The maximum Gasteiger partial charge on any atom is 0.523 e. The highest BCUT2D eigenvalue weighted by atomic mass is 19.4. The average molecular weight is 172 g/mol. The van der Waals surface area contributed by atoms with Gasteiger partial charge in [-0.25, -0.2) is 0 Å². The van der Waals surface area contributed by atoms with Crippen LogP contribution in [0.4, 0.5) is 13.2 Å². The first-order valence-electron chi connectivity index (χ1n) is 3.05. The fourth-order valence-electron chi connectivity index (χ4n) is 0.468. The largest absolute Gasteiger partial charge is 0.523 e. The molecule has 0 atom stereocenters. The number of rotatable bonds is 4. The van der Waals surface area contributed by atoms with E-state index < -0.39 is 13.1 Å². The quantitative estimate of drug-likeness (QED) is 0.622. The van der Waals surface area contributed by atoms with E-state index in [-0.39, 0.29) is 0 Å². The molecule has 2 N–H and O–H groups in total. The molecular weight excluding hydrogens is 161 g/mol. The van der Waals surface area contributed by atoms with Crippen molar-refractivity contribution in [2.45, 2.75) is 6.36 Å². The van der Waals surface area contributed by atoms with Crippen LogP contribution in [0.3, 0.4) is 0 Å². The monoisotopic (exact) mass is 172 g/mol. The van der Waals surface area contributed by atoms with Gasteiger partial charge in [0.25, 0.3) is 0 Å². The molecule has 0 heterocycles. The highest BCUT2D eigenvalue weighted by Gasteiger charge is 2.29. The van der Waals surface area contributed by atoms with Crippen molar-refractivity contribution in [2.24, 2.45) is 5.73 Å². The van der Waals surface area contributed by atoms with Crippen molar-refractivity contribution >= 4 is 0 Å². The molecule has 0 unspecified atom stereocenters. The Balaban J connectivity index is 3.38. The van der Waals surface area contributed by atoms with Crippen molar-refractivity contribution in [2.75, 3.05) is 26.9 Å². The Morgan fingerprint density at radius 2 is 2.00 bits per heavy atom. The van der Waals surface area contributed by atoms with E-state index in [9.17, 15) is 13.2 Å². The van der Waals surface area contributed by atoms with Gasteiger partial charge < -0.3 is 5.73 Å². The van der Waals surface area contributed by atoms with Gasteiger partial charge in [0.1, 0.15) is 6.73 Å². The molecule has 0 aliphatic carbocycles. The fourth-order valence-corrected chi connectivity index (χ4v) is 0.468. The topological polar surface area (TPSA) is 38.5 Å². The lowest BCUT2D eigenvalue weighted by Crippen LogP contribution is -2.31. The Morgan fingerprint density at radius 3 is 2.36 bits per heavy atom. The summed E-state index contributed by atoms with van der Waals surface area (Å²) >= 11 is 0. The van der Waals surface area contributed by atoms with Crippen LogP contribution in [-0.2, 0) is 4.74 Å². The van der Waals surface area contributed by atoms with E-state index in [0.29, 0.717) is 13.1 Å². The van der Waals surface area contributed by atoms with Crippen LogP contribution < -0.4 is 5.73 Å². The first-order chi connectivity index (χ1) is 4.95. The van der Waals surface area contributed by atoms with Crippen LogP contribution in [0.5, 0.6) is 0 Å². The minimum atomic E-state index is -4.55. The summed E-state index contributed by atoms with van der Waals surface area (Å²) in [5, 5.41) is 0. The molecule has 68 valence electrons. The predicted octanol–water partition coefficient (Wildman–Crippen LogP) is 0.371. The number of nitrogens with two attached hydrogens (primary N) is 1. The summed E-state index contributed by atoms with van der Waals surface area (Å²) in [6.07, 6.45) is -4.55. The minimum absolute atomic E-state index is 0.317. The highest BCUT2D eigenvalue weighted by Crippen LogP contribution is 2.15. The molecule has 0 bridgehead atoms. The lowest BCUT2D eigenvalue weighted by Gasteiger charge is -2.16. The number of likely N-dealkylation sites (N-methyl/N-ethyl adjacent to an activating group) is 1. The van der Waals surface area contributed by atoms with Crippen LogP contribution in [0.2, 0.25) is 0 Å². The van der Waals surface area contributed by atoms with Gasteiger partial charge in [0.05, 0.1) is 0 Å². The van der Waals surface area contributed by atoms with Crippen LogP contribution in [0.1, 0.15) is 0 Å². The SMILES string of the molecule is CN(CCN)COC(F)(F)F. The smallest absolute Gasteiger partial charge is 0.329 e. The van der Waals surface area contributed by atoms with Crippen molar-refractivity contribution < 1.29 is 17.9 Å². The molecule has 11 heavy (non-hydrogen) atoms. The van der Waals surface area contributed by atoms with E-state index in [1.165, 1.54) is 11.9 Å². The first-order valence-corrected chi connectivity index (χ1v) is 3.05. The average Bonchev–Trinajstić information content (AvgIpc) is 1.83. The summed E-state index contributed by atoms with van der Waals surface area (Å²) in [5.41, 5.74) is 5.09. The molecule has 0 aliphatic rings. The molecular formula is C5H11F3N2O. The van der Waals surface area contributed by atoms with Gasteiger partial charge in [-0.1, -0.05) is 0 Å². The van der Waals surface area contributed by atoms with Crippen LogP contribution in [0.25, 0.3) is 0 Å². The zero-order chi connectivity index (χ0) is 8.91. The van der Waals surface area contributed by atoms with Crippen LogP contribution >= 0.6 is 0 Å². The number of hydrogen-bond donors (Lipinski definition) is 1. The molecule has 6 heteroatoms. The molecule has 0 aromatic heterocycles. The Morgan fingerprint density at radius 1 is 1.45 bits per heavy atom. The van der Waals surface area contributed by atoms with Crippen molar-refractivity contribution in [3.05, 3.63) is 0 Å². The molecule has 0 aromatic carbocycles. The van der Waals surface area contributed by atoms with Gasteiger partial charge in [0.2, 0.25) is 0 Å². The molecule has 0 spiro atoms. The second kappa shape index (κ2) is 4.53. The summed E-state index contributed by atoms with van der Waals surface area (Å²) in [4.78, 5) is 1.34. The number of halogens is 3. The Labute approximate surface area is 62.9 Å². The van der Waals surface area contributed by atoms with Gasteiger partial charge in [-0.2, -0.15) is 0 Å². The summed E-state index contributed by atoms with van der Waals surface area (Å²) in [7, 11) is 1.50. The zero-order valence-electron chi connectivity index (χ0n) is 6.19. The van der Waals surface area contributed by atoms with E-state index in [4.69, 9.17) is 5.73 Å². The number of alkyl halides is 3. The summed E-state index contributed by atoms with van der Waals surface area (Å²) < 4.78 is 37.6. The molecule has 0 aromatic rings. The molecule has 0 amide bonds. The molecule has 0 aliphatic heterocycles. The van der Waals surface area contributed by atoms with Crippen molar-refractivity contribution in [3.63, 3.8) is 0 Å². The molecule has 0 rings (SSSR count). The van der Waals surface area contributed by atoms with Crippen LogP contribution in [0, 0.1) is 0 Å². The molecule has 0 saturated heterocycles. The summed E-state index contributed by atoms with van der Waals surface area (Å²) in [5.74, 6) is 0. The van der Waals surface area contributed by atoms with E-state index >= 15 is 0 Å². The first kappa shape index (κ1) is 10.7. The van der Waals surface area contributed by atoms with Gasteiger partial charge in [-0.3, -0.25) is 9.64 Å². The van der Waals surface area contributed by atoms with Gasteiger partial charge in [0.15, 0.2) is 0 Å². The maximum atomic E-state index is 11.4. The number of ether oxygens (including phenoxy) is 1. The molecule has 0 radical (unpaired) electrons. The lowest BCUT2D eigenvalue weighted by atomic mass is 10.6. The lowest BCUT2D eigenvalue weighted by molar-refractivity contribution is -0.335. The third kappa shape index (κ3) is 7.57. The molecule has 0 fully saturated rings. The fraction of sp³-hybridized carbons (Fsp3) is 1.00. The van der Waals surface area contributed by atoms with Crippen molar-refractivity contribution in [1.82, 2.24) is 4.90 Å². The highest BCUT2D eigenvalue weighted by molar-refractivity contribution is 4.44. The van der Waals surface area contributed by atoms with Crippen molar-refractivity contribution in [3.8, 4) is 0 Å².